The highest BCUT2D eigenvalue weighted by atomic mass is 16.3. The van der Waals surface area contributed by atoms with Crippen LogP contribution in [0.4, 0.5) is 11.4 Å². The van der Waals surface area contributed by atoms with Crippen LogP contribution in [0, 0.1) is 6.92 Å². The quantitative estimate of drug-likeness (QED) is 0.174. The van der Waals surface area contributed by atoms with Crippen molar-refractivity contribution in [1.82, 2.24) is 4.90 Å². The van der Waals surface area contributed by atoms with Gasteiger partial charge in [-0.05, 0) is 87.8 Å². The Balaban J connectivity index is 1.52. The van der Waals surface area contributed by atoms with Crippen molar-refractivity contribution >= 4 is 34.5 Å². The zero-order valence-electron chi connectivity index (χ0n) is 29.7. The van der Waals surface area contributed by atoms with Crippen molar-refractivity contribution in [3.05, 3.63) is 63.6 Å². The van der Waals surface area contributed by atoms with Crippen molar-refractivity contribution in [2.24, 2.45) is 4.99 Å². The van der Waals surface area contributed by atoms with Crippen LogP contribution < -0.4 is 10.2 Å². The molecular formula is C40H56N4O4. The summed E-state index contributed by atoms with van der Waals surface area (Å²) in [6.07, 6.45) is 16.2. The number of aliphatic hydroxyl groups excluding tert-OH is 2. The fourth-order valence-corrected chi connectivity index (χ4v) is 7.45. The largest absolute Gasteiger partial charge is 0.507 e. The van der Waals surface area contributed by atoms with Gasteiger partial charge in [0, 0.05) is 72.7 Å². The van der Waals surface area contributed by atoms with Gasteiger partial charge in [-0.3, -0.25) is 9.59 Å². The number of carbonyl (C=O) groups excluding carboxylic acids is 2. The molecule has 0 saturated carbocycles. The van der Waals surface area contributed by atoms with Gasteiger partial charge in [0.1, 0.15) is 11.9 Å². The summed E-state index contributed by atoms with van der Waals surface area (Å²) in [6, 6.07) is 4.00. The lowest BCUT2D eigenvalue weighted by Crippen LogP contribution is -2.32. The maximum atomic E-state index is 13.1. The van der Waals surface area contributed by atoms with Gasteiger partial charge in [0.2, 0.25) is 11.8 Å². The van der Waals surface area contributed by atoms with E-state index < -0.39 is 6.10 Å². The Morgan fingerprint density at radius 2 is 1.46 bits per heavy atom. The molecule has 2 amide bonds. The van der Waals surface area contributed by atoms with Crippen molar-refractivity contribution in [1.29, 1.82) is 0 Å². The Morgan fingerprint density at radius 1 is 0.833 bits per heavy atom. The lowest BCUT2D eigenvalue weighted by Gasteiger charge is -2.35. The smallest absolute Gasteiger partial charge is 0.246 e. The average molecular weight is 657 g/mol. The lowest BCUT2D eigenvalue weighted by atomic mass is 9.76. The highest BCUT2D eigenvalue weighted by Crippen LogP contribution is 2.47. The summed E-state index contributed by atoms with van der Waals surface area (Å²) in [7, 11) is 0. The van der Waals surface area contributed by atoms with Gasteiger partial charge in [-0.2, -0.15) is 0 Å². The van der Waals surface area contributed by atoms with Crippen LogP contribution in [0.15, 0.2) is 57.5 Å². The third-order valence-electron chi connectivity index (χ3n) is 10.2. The maximum Gasteiger partial charge on any atom is 0.246 e. The molecule has 4 aliphatic rings. The number of unbranched alkanes of at least 4 members (excludes halogenated alkanes) is 6. The molecule has 1 aromatic carbocycles. The van der Waals surface area contributed by atoms with E-state index in [4.69, 9.17) is 0 Å². The zero-order valence-corrected chi connectivity index (χ0v) is 29.7. The fraction of sp³-hybridized carbons (Fsp3) is 0.575. The number of anilines is 2. The molecule has 0 aromatic heterocycles. The number of hydrogen-bond donors (Lipinski definition) is 3. The molecule has 2 aliphatic heterocycles. The van der Waals surface area contributed by atoms with Crippen molar-refractivity contribution in [2.75, 3.05) is 36.4 Å². The second kappa shape index (κ2) is 16.6. The number of hydrogen-bond acceptors (Lipinski definition) is 6. The highest BCUT2D eigenvalue weighted by molar-refractivity contribution is 6.18. The summed E-state index contributed by atoms with van der Waals surface area (Å²) in [5, 5.41) is 26.7. The van der Waals surface area contributed by atoms with Gasteiger partial charge in [0.25, 0.3) is 0 Å². The SMILES string of the molecule is CCCCCCC(=O)N=C1C=C(N2CCCC2)C(C)=CC1=C1C(O)=C(c2cc(C)c(N3CCCC3)cc2NC(=O)CCCCCC)C1O. The van der Waals surface area contributed by atoms with E-state index in [-0.39, 0.29) is 17.6 Å². The Morgan fingerprint density at radius 3 is 2.08 bits per heavy atom. The number of aliphatic hydroxyl groups is 2. The Kier molecular flexibility index (Phi) is 12.4. The molecule has 8 heteroatoms. The monoisotopic (exact) mass is 656 g/mol. The van der Waals surface area contributed by atoms with Crippen molar-refractivity contribution in [3.8, 4) is 0 Å². The highest BCUT2D eigenvalue weighted by Gasteiger charge is 2.40. The van der Waals surface area contributed by atoms with Gasteiger partial charge < -0.3 is 25.3 Å². The molecule has 0 radical (unpaired) electrons. The molecule has 1 atom stereocenters. The number of likely N-dealkylation sites (tertiary alicyclic amines) is 1. The number of allylic oxidation sites excluding steroid dienone is 4. The molecule has 2 aliphatic carbocycles. The summed E-state index contributed by atoms with van der Waals surface area (Å²) in [6.45, 7) is 12.2. The molecular weight excluding hydrogens is 600 g/mol. The Hall–Kier alpha value is -3.65. The lowest BCUT2D eigenvalue weighted by molar-refractivity contribution is -0.118. The van der Waals surface area contributed by atoms with Crippen LogP contribution in [0.3, 0.4) is 0 Å². The summed E-state index contributed by atoms with van der Waals surface area (Å²) in [5.74, 6) is -0.262. The van der Waals surface area contributed by atoms with Gasteiger partial charge in [-0.25, -0.2) is 4.99 Å². The van der Waals surface area contributed by atoms with Crippen molar-refractivity contribution in [3.63, 3.8) is 0 Å². The van der Waals surface area contributed by atoms with Gasteiger partial charge in [-0.15, -0.1) is 0 Å². The first kappa shape index (κ1) is 35.7. The van der Waals surface area contributed by atoms with E-state index in [2.05, 4.69) is 34.0 Å². The number of nitrogens with zero attached hydrogens (tertiary/aromatic N) is 3. The third-order valence-corrected chi connectivity index (χ3v) is 10.2. The van der Waals surface area contributed by atoms with Gasteiger partial charge in [0.05, 0.1) is 11.4 Å². The van der Waals surface area contributed by atoms with Crippen molar-refractivity contribution < 1.29 is 19.8 Å². The van der Waals surface area contributed by atoms with E-state index in [9.17, 15) is 19.8 Å². The topological polar surface area (TPSA) is 105 Å². The summed E-state index contributed by atoms with van der Waals surface area (Å²) >= 11 is 0. The first-order chi connectivity index (χ1) is 23.2. The zero-order chi connectivity index (χ0) is 34.2. The molecule has 3 N–H and O–H groups in total. The molecule has 48 heavy (non-hydrogen) atoms. The van der Waals surface area contributed by atoms with E-state index in [0.29, 0.717) is 46.5 Å². The minimum atomic E-state index is -1.10. The molecule has 260 valence electrons. The predicted molar refractivity (Wildman–Crippen MR) is 196 cm³/mol. The molecule has 1 unspecified atom stereocenters. The minimum Gasteiger partial charge on any atom is -0.507 e. The summed E-state index contributed by atoms with van der Waals surface area (Å²) in [5.41, 5.74) is 7.23. The standard InChI is InChI=1S/C40H56N4O4/c1-5-7-9-11-17-35(45)41-31-25-33(43-19-13-14-20-43)27(3)23-29(31)37-39(47)38(40(37)48)30-24-28(4)34(44-21-15-16-22-44)26-32(30)42-36(46)18-12-10-8-6-2/h23-26,39,47-48H,5-22H2,1-4H3,(H,41,45). The van der Waals surface area contributed by atoms with E-state index in [1.165, 1.54) is 0 Å². The number of aryl methyl sites for hydroxylation is 1. The number of amides is 2. The van der Waals surface area contributed by atoms with Crippen LogP contribution >= 0.6 is 0 Å². The van der Waals surface area contributed by atoms with E-state index >= 15 is 0 Å². The first-order valence-corrected chi connectivity index (χ1v) is 18.6. The minimum absolute atomic E-state index is 0.0190. The Bertz CT molecular complexity index is 1520. The maximum absolute atomic E-state index is 13.1. The van der Waals surface area contributed by atoms with Crippen LogP contribution in [0.1, 0.15) is 122 Å². The molecule has 0 spiro atoms. The fourth-order valence-electron chi connectivity index (χ4n) is 7.45. The van der Waals surface area contributed by atoms with Crippen LogP contribution in [-0.2, 0) is 9.59 Å². The molecule has 2 heterocycles. The molecule has 5 rings (SSSR count). The van der Waals surface area contributed by atoms with Gasteiger partial charge in [-0.1, -0.05) is 52.4 Å². The van der Waals surface area contributed by atoms with Crippen molar-refractivity contribution in [2.45, 2.75) is 124 Å². The number of nitrogens with one attached hydrogen (secondary N) is 1. The first-order valence-electron chi connectivity index (χ1n) is 18.6. The summed E-state index contributed by atoms with van der Waals surface area (Å²) in [4.78, 5) is 35.5. The number of aliphatic imine (C=N–C) groups is 1. The Labute approximate surface area is 287 Å². The van der Waals surface area contributed by atoms with Crippen LogP contribution in [0.5, 0.6) is 0 Å². The second-order valence-electron chi connectivity index (χ2n) is 14.0. The molecule has 1 aromatic rings. The van der Waals surface area contributed by atoms with Crippen LogP contribution in [-0.4, -0.2) is 64.9 Å². The normalized spacial score (nSPS) is 21.9. The number of benzene rings is 1. The van der Waals surface area contributed by atoms with E-state index in [1.54, 1.807) is 0 Å². The summed E-state index contributed by atoms with van der Waals surface area (Å²) < 4.78 is 0. The molecule has 2 saturated heterocycles. The second-order valence-corrected chi connectivity index (χ2v) is 14.0. The van der Waals surface area contributed by atoms with Gasteiger partial charge >= 0.3 is 0 Å². The van der Waals surface area contributed by atoms with E-state index in [0.717, 1.165) is 126 Å². The molecule has 2 fully saturated rings. The van der Waals surface area contributed by atoms with Crippen LogP contribution in [0.2, 0.25) is 0 Å². The van der Waals surface area contributed by atoms with E-state index in [1.807, 2.05) is 38.1 Å². The molecule has 0 bridgehead atoms. The van der Waals surface area contributed by atoms with Gasteiger partial charge in [0.15, 0.2) is 0 Å². The predicted octanol–water partition coefficient (Wildman–Crippen LogP) is 8.32. The molecule has 8 nitrogen and oxygen atoms in total. The average Bonchev–Trinajstić information content (AvgIpc) is 3.80. The number of rotatable bonds is 14. The van der Waals surface area contributed by atoms with Crippen LogP contribution in [0.25, 0.3) is 5.57 Å². The number of carbonyl (C=O) groups is 2. The third kappa shape index (κ3) is 8.13.